The summed E-state index contributed by atoms with van der Waals surface area (Å²) in [5.74, 6) is 0.801. The Labute approximate surface area is 151 Å². The van der Waals surface area contributed by atoms with Gasteiger partial charge in [0.1, 0.15) is 5.71 Å². The minimum atomic E-state index is 0.672. The number of hydrogen-bond donors (Lipinski definition) is 0. The molecule has 0 saturated carbocycles. The fourth-order valence-electron chi connectivity index (χ4n) is 3.32. The van der Waals surface area contributed by atoms with Crippen molar-refractivity contribution in [2.24, 2.45) is 15.2 Å². The molecular formula is C22H16N4. The number of amidine groups is 1. The van der Waals surface area contributed by atoms with E-state index in [4.69, 9.17) is 4.99 Å². The predicted molar refractivity (Wildman–Crippen MR) is 107 cm³/mol. The highest BCUT2D eigenvalue weighted by molar-refractivity contribution is 6.54. The summed E-state index contributed by atoms with van der Waals surface area (Å²) in [6.07, 6.45) is 0. The number of anilines is 1. The molecule has 5 rings (SSSR count). The smallest absolute Gasteiger partial charge is 0.182 e. The summed E-state index contributed by atoms with van der Waals surface area (Å²) in [5, 5.41) is 9.08. The standard InChI is InChI=1S/C22H16N4/c1-3-9-16(10-4-1)19-15-26-20-14-8-7-13-18(20)23-21(22(26)25-24-19)17-11-5-2-6-12-17/h1-14H,15H2. The molecule has 2 aliphatic heterocycles. The van der Waals surface area contributed by atoms with Crippen LogP contribution in [0.2, 0.25) is 0 Å². The number of para-hydroxylation sites is 2. The molecule has 0 spiro atoms. The lowest BCUT2D eigenvalue weighted by molar-refractivity contribution is 1.06. The van der Waals surface area contributed by atoms with E-state index in [1.165, 1.54) is 0 Å². The summed E-state index contributed by atoms with van der Waals surface area (Å²) in [7, 11) is 0. The summed E-state index contributed by atoms with van der Waals surface area (Å²) in [5.41, 5.74) is 5.98. The molecular weight excluding hydrogens is 320 g/mol. The molecule has 124 valence electrons. The summed E-state index contributed by atoms with van der Waals surface area (Å²) in [6, 6.07) is 28.6. The van der Waals surface area contributed by atoms with Crippen molar-refractivity contribution in [2.75, 3.05) is 11.4 Å². The third-order valence-corrected chi connectivity index (χ3v) is 4.60. The van der Waals surface area contributed by atoms with E-state index in [-0.39, 0.29) is 0 Å². The maximum Gasteiger partial charge on any atom is 0.182 e. The third kappa shape index (κ3) is 2.43. The van der Waals surface area contributed by atoms with Crippen LogP contribution >= 0.6 is 0 Å². The number of hydrogen-bond acceptors (Lipinski definition) is 4. The topological polar surface area (TPSA) is 40.3 Å². The van der Waals surface area contributed by atoms with E-state index in [0.717, 1.165) is 39.8 Å². The zero-order chi connectivity index (χ0) is 17.3. The van der Waals surface area contributed by atoms with Crippen LogP contribution in [0.5, 0.6) is 0 Å². The van der Waals surface area contributed by atoms with Crippen LogP contribution in [0.15, 0.2) is 100 Å². The molecule has 0 N–H and O–H groups in total. The lowest BCUT2D eigenvalue weighted by Crippen LogP contribution is -2.44. The van der Waals surface area contributed by atoms with Crippen LogP contribution in [0, 0.1) is 0 Å². The van der Waals surface area contributed by atoms with Crippen molar-refractivity contribution in [2.45, 2.75) is 0 Å². The Morgan fingerprint density at radius 3 is 2.08 bits per heavy atom. The van der Waals surface area contributed by atoms with Crippen LogP contribution in [0.4, 0.5) is 11.4 Å². The van der Waals surface area contributed by atoms with E-state index < -0.39 is 0 Å². The van der Waals surface area contributed by atoms with Gasteiger partial charge in [-0.25, -0.2) is 4.99 Å². The number of nitrogens with zero attached hydrogens (tertiary/aromatic N) is 4. The molecule has 0 fully saturated rings. The maximum absolute atomic E-state index is 4.87. The second kappa shape index (κ2) is 6.08. The fourth-order valence-corrected chi connectivity index (χ4v) is 3.32. The van der Waals surface area contributed by atoms with Crippen molar-refractivity contribution in [1.29, 1.82) is 0 Å². The van der Waals surface area contributed by atoms with Gasteiger partial charge in [-0.1, -0.05) is 72.8 Å². The first kappa shape index (κ1) is 14.8. The number of fused-ring (bicyclic) bond motifs is 3. The zero-order valence-corrected chi connectivity index (χ0v) is 14.1. The van der Waals surface area contributed by atoms with Gasteiger partial charge in [0.25, 0.3) is 0 Å². The quantitative estimate of drug-likeness (QED) is 0.682. The monoisotopic (exact) mass is 336 g/mol. The molecule has 26 heavy (non-hydrogen) atoms. The molecule has 0 radical (unpaired) electrons. The highest BCUT2D eigenvalue weighted by Gasteiger charge is 2.30. The molecule has 3 aromatic rings. The van der Waals surface area contributed by atoms with Gasteiger partial charge in [-0.15, -0.1) is 5.10 Å². The Kier molecular flexibility index (Phi) is 3.46. The minimum absolute atomic E-state index is 0.672. The Morgan fingerprint density at radius 1 is 0.654 bits per heavy atom. The molecule has 4 nitrogen and oxygen atoms in total. The van der Waals surface area contributed by atoms with Gasteiger partial charge in [0.05, 0.1) is 23.6 Å². The highest BCUT2D eigenvalue weighted by Crippen LogP contribution is 2.35. The van der Waals surface area contributed by atoms with Crippen LogP contribution in [-0.2, 0) is 0 Å². The van der Waals surface area contributed by atoms with Gasteiger partial charge in [0.2, 0.25) is 0 Å². The number of aliphatic imine (C=N–C) groups is 1. The normalized spacial score (nSPS) is 15.4. The van der Waals surface area contributed by atoms with E-state index in [9.17, 15) is 0 Å². The van der Waals surface area contributed by atoms with Crippen molar-refractivity contribution in [3.8, 4) is 0 Å². The second-order valence-corrected chi connectivity index (χ2v) is 6.24. The molecule has 0 amide bonds. The van der Waals surface area contributed by atoms with Crippen LogP contribution < -0.4 is 4.90 Å². The van der Waals surface area contributed by atoms with Crippen LogP contribution in [0.3, 0.4) is 0 Å². The lowest BCUT2D eigenvalue weighted by atomic mass is 10.0. The van der Waals surface area contributed by atoms with Gasteiger partial charge < -0.3 is 4.90 Å². The van der Waals surface area contributed by atoms with E-state index in [1.54, 1.807) is 0 Å². The van der Waals surface area contributed by atoms with Gasteiger partial charge in [-0.3, -0.25) is 0 Å². The average Bonchev–Trinajstić information content (AvgIpc) is 2.74. The first-order valence-electron chi connectivity index (χ1n) is 8.61. The molecule has 2 heterocycles. The third-order valence-electron chi connectivity index (χ3n) is 4.60. The molecule has 3 aromatic carbocycles. The van der Waals surface area contributed by atoms with Crippen molar-refractivity contribution in [3.63, 3.8) is 0 Å². The van der Waals surface area contributed by atoms with E-state index in [2.05, 4.69) is 45.4 Å². The summed E-state index contributed by atoms with van der Waals surface area (Å²) >= 11 is 0. The van der Waals surface area contributed by atoms with Crippen LogP contribution in [-0.4, -0.2) is 23.8 Å². The molecule has 0 saturated heterocycles. The van der Waals surface area contributed by atoms with Crippen molar-refractivity contribution in [1.82, 2.24) is 0 Å². The molecule has 0 atom stereocenters. The van der Waals surface area contributed by atoms with Gasteiger partial charge in [0.15, 0.2) is 5.84 Å². The summed E-state index contributed by atoms with van der Waals surface area (Å²) in [4.78, 5) is 7.08. The van der Waals surface area contributed by atoms with Crippen LogP contribution in [0.25, 0.3) is 0 Å². The van der Waals surface area contributed by atoms with E-state index in [0.29, 0.717) is 6.54 Å². The average molecular weight is 336 g/mol. The minimum Gasteiger partial charge on any atom is -0.315 e. The number of rotatable bonds is 2. The van der Waals surface area contributed by atoms with Crippen molar-refractivity contribution >= 4 is 28.6 Å². The van der Waals surface area contributed by atoms with Gasteiger partial charge in [0, 0.05) is 5.56 Å². The van der Waals surface area contributed by atoms with E-state index in [1.807, 2.05) is 54.6 Å². The van der Waals surface area contributed by atoms with Gasteiger partial charge in [-0.2, -0.15) is 5.10 Å². The Morgan fingerprint density at radius 2 is 1.31 bits per heavy atom. The lowest BCUT2D eigenvalue weighted by Gasteiger charge is -2.33. The first-order valence-corrected chi connectivity index (χ1v) is 8.61. The molecule has 0 unspecified atom stereocenters. The maximum atomic E-state index is 4.87. The Balaban J connectivity index is 1.67. The summed E-state index contributed by atoms with van der Waals surface area (Å²) < 4.78 is 0. The second-order valence-electron chi connectivity index (χ2n) is 6.24. The number of benzene rings is 3. The molecule has 4 heteroatoms. The largest absolute Gasteiger partial charge is 0.315 e. The van der Waals surface area contributed by atoms with Gasteiger partial charge >= 0.3 is 0 Å². The van der Waals surface area contributed by atoms with E-state index >= 15 is 0 Å². The molecule has 0 bridgehead atoms. The molecule has 0 aliphatic carbocycles. The van der Waals surface area contributed by atoms with Gasteiger partial charge in [-0.05, 0) is 17.7 Å². The van der Waals surface area contributed by atoms with Crippen molar-refractivity contribution < 1.29 is 0 Å². The molecule has 2 aliphatic rings. The Bertz CT molecular complexity index is 1050. The SMILES string of the molecule is c1ccc(C2=NN=C3C(c4ccccc4)=Nc4ccccc4N3C2)cc1. The fraction of sp³-hybridized carbons (Fsp3) is 0.0455. The first-order chi connectivity index (χ1) is 12.9. The summed E-state index contributed by atoms with van der Waals surface area (Å²) in [6.45, 7) is 0.672. The van der Waals surface area contributed by atoms with Crippen molar-refractivity contribution in [3.05, 3.63) is 96.1 Å². The zero-order valence-electron chi connectivity index (χ0n) is 14.1. The Hall–Kier alpha value is -3.53. The van der Waals surface area contributed by atoms with Crippen LogP contribution in [0.1, 0.15) is 11.1 Å². The highest BCUT2D eigenvalue weighted by atomic mass is 15.4. The molecule has 0 aromatic heterocycles. The predicted octanol–water partition coefficient (Wildman–Crippen LogP) is 4.44.